The van der Waals surface area contributed by atoms with Crippen molar-refractivity contribution in [3.05, 3.63) is 83.6 Å². The number of aryl methyl sites for hydroxylation is 1. The summed E-state index contributed by atoms with van der Waals surface area (Å²) in [6.07, 6.45) is 5.36. The number of carbonyl (C=O) groups is 1. The number of hydrogen-bond acceptors (Lipinski definition) is 6. The summed E-state index contributed by atoms with van der Waals surface area (Å²) in [5, 5.41) is 3.52. The van der Waals surface area contributed by atoms with E-state index in [1.807, 2.05) is 31.3 Å². The summed E-state index contributed by atoms with van der Waals surface area (Å²) >= 11 is 0. The molecule has 0 bridgehead atoms. The Labute approximate surface area is 158 Å². The molecule has 0 aromatic carbocycles. The lowest BCUT2D eigenvalue weighted by atomic mass is 10.1. The van der Waals surface area contributed by atoms with Gasteiger partial charge < -0.3 is 10.2 Å². The van der Waals surface area contributed by atoms with Gasteiger partial charge in [0.15, 0.2) is 0 Å². The van der Waals surface area contributed by atoms with Crippen LogP contribution in [0.1, 0.15) is 33.4 Å². The van der Waals surface area contributed by atoms with Gasteiger partial charge in [0.05, 0.1) is 6.04 Å². The highest BCUT2D eigenvalue weighted by molar-refractivity contribution is 6.08. The molecule has 1 atom stereocenters. The van der Waals surface area contributed by atoms with Crippen molar-refractivity contribution < 1.29 is 4.79 Å². The van der Waals surface area contributed by atoms with E-state index < -0.39 is 0 Å². The van der Waals surface area contributed by atoms with Gasteiger partial charge in [-0.05, 0) is 42.8 Å². The zero-order valence-corrected chi connectivity index (χ0v) is 15.2. The molecule has 0 spiro atoms. The maximum absolute atomic E-state index is 12.8. The summed E-state index contributed by atoms with van der Waals surface area (Å²) in [4.78, 5) is 28.1. The number of nitrogens with one attached hydrogen (secondary N) is 1. The smallest absolute Gasteiger partial charge is 0.213 e. The Balaban J connectivity index is 1.57. The number of nitrogens with zero attached hydrogens (tertiary/aromatic N) is 4. The monoisotopic (exact) mass is 359 g/mol. The van der Waals surface area contributed by atoms with E-state index in [-0.39, 0.29) is 11.8 Å². The van der Waals surface area contributed by atoms with Gasteiger partial charge in [-0.2, -0.15) is 0 Å². The Hall–Kier alpha value is -3.12. The lowest BCUT2D eigenvalue weighted by molar-refractivity contribution is 0.103. The molecule has 27 heavy (non-hydrogen) atoms. The van der Waals surface area contributed by atoms with Crippen molar-refractivity contribution in [1.29, 1.82) is 0 Å². The Bertz CT molecular complexity index is 944. The average Bonchev–Trinajstić information content (AvgIpc) is 2.74. The Kier molecular flexibility index (Phi) is 4.89. The van der Waals surface area contributed by atoms with Gasteiger partial charge in [-0.1, -0.05) is 12.1 Å². The van der Waals surface area contributed by atoms with Crippen LogP contribution in [0, 0.1) is 6.92 Å². The number of aromatic nitrogens is 3. The standard InChI is InChI=1S/C21H21N5O/c1-15-17(6-4-10-23-15)21(27)18-7-2-8-20(25-18)26-12-11-24-19(14-26)16-5-3-9-22-13-16/h2-10,13,19,24H,11-12,14H2,1H3. The van der Waals surface area contributed by atoms with Crippen molar-refractivity contribution in [2.75, 3.05) is 24.5 Å². The minimum absolute atomic E-state index is 0.0959. The molecular weight excluding hydrogens is 338 g/mol. The van der Waals surface area contributed by atoms with E-state index in [0.717, 1.165) is 31.0 Å². The van der Waals surface area contributed by atoms with Crippen molar-refractivity contribution in [3.63, 3.8) is 0 Å². The van der Waals surface area contributed by atoms with Crippen molar-refractivity contribution in [2.24, 2.45) is 0 Å². The Morgan fingerprint density at radius 1 is 1.15 bits per heavy atom. The molecule has 0 saturated carbocycles. The van der Waals surface area contributed by atoms with Crippen LogP contribution in [0.2, 0.25) is 0 Å². The van der Waals surface area contributed by atoms with Crippen LogP contribution in [0.15, 0.2) is 61.1 Å². The fraction of sp³-hybridized carbons (Fsp3) is 0.238. The van der Waals surface area contributed by atoms with Crippen molar-refractivity contribution in [2.45, 2.75) is 13.0 Å². The van der Waals surface area contributed by atoms with E-state index in [2.05, 4.69) is 31.2 Å². The molecule has 136 valence electrons. The highest BCUT2D eigenvalue weighted by Gasteiger charge is 2.23. The predicted molar refractivity (Wildman–Crippen MR) is 104 cm³/mol. The van der Waals surface area contributed by atoms with Crippen LogP contribution >= 0.6 is 0 Å². The second-order valence-corrected chi connectivity index (χ2v) is 6.59. The molecule has 4 rings (SSSR count). The summed E-state index contributed by atoms with van der Waals surface area (Å²) in [5.41, 5.74) is 2.91. The minimum Gasteiger partial charge on any atom is -0.353 e. The maximum atomic E-state index is 12.8. The molecule has 1 aliphatic heterocycles. The van der Waals surface area contributed by atoms with Gasteiger partial charge in [-0.25, -0.2) is 4.98 Å². The van der Waals surface area contributed by atoms with E-state index in [1.54, 1.807) is 30.6 Å². The van der Waals surface area contributed by atoms with Crippen LogP contribution in [0.3, 0.4) is 0 Å². The zero-order valence-electron chi connectivity index (χ0n) is 15.2. The van der Waals surface area contributed by atoms with Crippen molar-refractivity contribution in [1.82, 2.24) is 20.3 Å². The molecule has 3 aromatic rings. The number of carbonyl (C=O) groups excluding carboxylic acids is 1. The number of pyridine rings is 3. The molecule has 4 heterocycles. The maximum Gasteiger partial charge on any atom is 0.213 e. The third-order valence-corrected chi connectivity index (χ3v) is 4.80. The normalized spacial score (nSPS) is 16.9. The number of anilines is 1. The molecule has 1 saturated heterocycles. The first-order valence-electron chi connectivity index (χ1n) is 9.04. The van der Waals surface area contributed by atoms with Crippen molar-refractivity contribution in [3.8, 4) is 0 Å². The van der Waals surface area contributed by atoms with Crippen LogP contribution in [-0.4, -0.2) is 40.4 Å². The number of ketones is 1. The lowest BCUT2D eigenvalue weighted by Gasteiger charge is -2.34. The first-order valence-corrected chi connectivity index (χ1v) is 9.04. The average molecular weight is 359 g/mol. The first kappa shape index (κ1) is 17.3. The van der Waals surface area contributed by atoms with E-state index in [0.29, 0.717) is 17.0 Å². The lowest BCUT2D eigenvalue weighted by Crippen LogP contribution is -2.46. The van der Waals surface area contributed by atoms with E-state index >= 15 is 0 Å². The molecule has 6 heteroatoms. The molecule has 0 aliphatic carbocycles. The SMILES string of the molecule is Cc1ncccc1C(=O)c1cccc(N2CCNC(c3cccnc3)C2)n1. The van der Waals surface area contributed by atoms with Crippen LogP contribution < -0.4 is 10.2 Å². The molecule has 0 radical (unpaired) electrons. The van der Waals surface area contributed by atoms with Gasteiger partial charge in [0, 0.05) is 49.5 Å². The molecule has 3 aromatic heterocycles. The molecular formula is C21H21N5O. The molecule has 0 amide bonds. The van der Waals surface area contributed by atoms with Gasteiger partial charge in [0.2, 0.25) is 5.78 Å². The highest BCUT2D eigenvalue weighted by Crippen LogP contribution is 2.21. The van der Waals surface area contributed by atoms with Gasteiger partial charge >= 0.3 is 0 Å². The summed E-state index contributed by atoms with van der Waals surface area (Å²) in [6, 6.07) is 13.4. The number of rotatable bonds is 4. The van der Waals surface area contributed by atoms with Crippen LogP contribution in [0.5, 0.6) is 0 Å². The summed E-state index contributed by atoms with van der Waals surface area (Å²) < 4.78 is 0. The fourth-order valence-corrected chi connectivity index (χ4v) is 3.35. The third-order valence-electron chi connectivity index (χ3n) is 4.80. The number of hydrogen-bond donors (Lipinski definition) is 1. The van der Waals surface area contributed by atoms with Crippen molar-refractivity contribution >= 4 is 11.6 Å². The Morgan fingerprint density at radius 3 is 2.85 bits per heavy atom. The second-order valence-electron chi connectivity index (χ2n) is 6.59. The van der Waals surface area contributed by atoms with Gasteiger partial charge in [0.1, 0.15) is 11.5 Å². The van der Waals surface area contributed by atoms with Gasteiger partial charge in [0.25, 0.3) is 0 Å². The molecule has 1 N–H and O–H groups in total. The quantitative estimate of drug-likeness (QED) is 0.722. The second kappa shape index (κ2) is 7.63. The first-order chi connectivity index (χ1) is 13.2. The van der Waals surface area contributed by atoms with E-state index in [4.69, 9.17) is 0 Å². The molecule has 1 fully saturated rings. The molecule has 6 nitrogen and oxygen atoms in total. The van der Waals surface area contributed by atoms with Gasteiger partial charge in [-0.3, -0.25) is 14.8 Å². The Morgan fingerprint density at radius 2 is 2.04 bits per heavy atom. The topological polar surface area (TPSA) is 71.0 Å². The molecule has 1 aliphatic rings. The predicted octanol–water partition coefficient (Wildman–Crippen LogP) is 2.56. The van der Waals surface area contributed by atoms with E-state index in [1.165, 1.54) is 0 Å². The summed E-state index contributed by atoms with van der Waals surface area (Å²) in [6.45, 7) is 4.31. The largest absolute Gasteiger partial charge is 0.353 e. The van der Waals surface area contributed by atoms with Crippen LogP contribution in [0.25, 0.3) is 0 Å². The number of piperazine rings is 1. The third kappa shape index (κ3) is 3.71. The van der Waals surface area contributed by atoms with Crippen LogP contribution in [-0.2, 0) is 0 Å². The van der Waals surface area contributed by atoms with Crippen LogP contribution in [0.4, 0.5) is 5.82 Å². The summed E-state index contributed by atoms with van der Waals surface area (Å²) in [5.74, 6) is 0.721. The minimum atomic E-state index is -0.0959. The highest BCUT2D eigenvalue weighted by atomic mass is 16.1. The molecule has 1 unspecified atom stereocenters. The van der Waals surface area contributed by atoms with E-state index in [9.17, 15) is 4.79 Å². The zero-order chi connectivity index (χ0) is 18.6. The van der Waals surface area contributed by atoms with Gasteiger partial charge in [-0.15, -0.1) is 0 Å². The fourth-order valence-electron chi connectivity index (χ4n) is 3.35. The summed E-state index contributed by atoms with van der Waals surface area (Å²) in [7, 11) is 0.